The molecule has 2 heteroatoms. The van der Waals surface area contributed by atoms with E-state index in [0.29, 0.717) is 0 Å². The first kappa shape index (κ1) is 9.82. The topological polar surface area (TPSA) is 12.9 Å². The van der Waals surface area contributed by atoms with Gasteiger partial charge < -0.3 is 4.98 Å². The van der Waals surface area contributed by atoms with Crippen molar-refractivity contribution >= 4 is 10.9 Å². The SMILES string of the molecule is Cc1c[c-]c2ccccc2n1.[Y]. The maximum atomic E-state index is 4.34. The molecule has 0 spiro atoms. The van der Waals surface area contributed by atoms with Crippen molar-refractivity contribution < 1.29 is 32.7 Å². The molecule has 0 bridgehead atoms. The molecule has 0 saturated carbocycles. The quantitative estimate of drug-likeness (QED) is 0.634. The largest absolute Gasteiger partial charge is 0.349 e. The van der Waals surface area contributed by atoms with Crippen LogP contribution in [-0.4, -0.2) is 4.98 Å². The van der Waals surface area contributed by atoms with Crippen LogP contribution >= 0.6 is 0 Å². The molecule has 2 rings (SSSR count). The fourth-order valence-corrected chi connectivity index (χ4v) is 1.10. The van der Waals surface area contributed by atoms with E-state index in [4.69, 9.17) is 0 Å². The van der Waals surface area contributed by atoms with Gasteiger partial charge in [-0.15, -0.1) is 29.7 Å². The standard InChI is InChI=1S/C10H8N.Y/c1-8-6-7-9-4-2-3-5-10(9)11-8;/h2-6H,1H3;/q-1;. The van der Waals surface area contributed by atoms with Crippen molar-refractivity contribution in [3.8, 4) is 0 Å². The summed E-state index contributed by atoms with van der Waals surface area (Å²) in [7, 11) is 0. The Balaban J connectivity index is 0.000000720. The monoisotopic (exact) mass is 231 g/mol. The van der Waals surface area contributed by atoms with E-state index in [9.17, 15) is 0 Å². The molecule has 57 valence electrons. The van der Waals surface area contributed by atoms with Crippen LogP contribution in [0.1, 0.15) is 5.69 Å². The van der Waals surface area contributed by atoms with Crippen molar-refractivity contribution in [1.82, 2.24) is 4.98 Å². The number of nitrogens with zero attached hydrogens (tertiary/aromatic N) is 1. The van der Waals surface area contributed by atoms with Gasteiger partial charge in [-0.05, 0) is 11.2 Å². The van der Waals surface area contributed by atoms with E-state index in [1.165, 1.54) is 0 Å². The van der Waals surface area contributed by atoms with Gasteiger partial charge >= 0.3 is 0 Å². The maximum Gasteiger partial charge on any atom is 0 e. The van der Waals surface area contributed by atoms with Crippen LogP contribution in [0.4, 0.5) is 0 Å². The van der Waals surface area contributed by atoms with E-state index >= 15 is 0 Å². The Morgan fingerprint density at radius 2 is 2.00 bits per heavy atom. The van der Waals surface area contributed by atoms with Crippen molar-refractivity contribution in [1.29, 1.82) is 0 Å². The minimum atomic E-state index is 0. The molecule has 0 aliphatic heterocycles. The van der Waals surface area contributed by atoms with Gasteiger partial charge in [0.1, 0.15) is 0 Å². The first-order chi connectivity index (χ1) is 5.36. The van der Waals surface area contributed by atoms with Crippen LogP contribution in [0.2, 0.25) is 0 Å². The fraction of sp³-hybridized carbons (Fsp3) is 0.100. The molecule has 1 radical (unpaired) electrons. The average molecular weight is 231 g/mol. The van der Waals surface area contributed by atoms with Gasteiger partial charge in [-0.25, -0.2) is 0 Å². The molecule has 1 heterocycles. The molecular weight excluding hydrogens is 223 g/mol. The van der Waals surface area contributed by atoms with Crippen LogP contribution in [0.25, 0.3) is 10.9 Å². The molecule has 0 N–H and O–H groups in total. The van der Waals surface area contributed by atoms with Crippen LogP contribution in [-0.2, 0) is 32.7 Å². The second-order valence-electron chi connectivity index (χ2n) is 2.56. The molecule has 1 aromatic heterocycles. The van der Waals surface area contributed by atoms with Crippen molar-refractivity contribution in [2.75, 3.05) is 0 Å². The molecule has 12 heavy (non-hydrogen) atoms. The Labute approximate surface area is 97.1 Å². The van der Waals surface area contributed by atoms with Crippen molar-refractivity contribution in [3.63, 3.8) is 0 Å². The van der Waals surface area contributed by atoms with E-state index in [2.05, 4.69) is 11.1 Å². The number of rotatable bonds is 0. The normalized spacial score (nSPS) is 9.42. The van der Waals surface area contributed by atoms with Gasteiger partial charge in [0, 0.05) is 32.7 Å². The summed E-state index contributed by atoms with van der Waals surface area (Å²) in [6.07, 6.45) is 0. The Morgan fingerprint density at radius 3 is 2.83 bits per heavy atom. The molecule has 0 aliphatic rings. The summed E-state index contributed by atoms with van der Waals surface area (Å²) in [4.78, 5) is 4.34. The molecular formula is C10H8NY-. The van der Waals surface area contributed by atoms with Crippen molar-refractivity contribution in [2.24, 2.45) is 0 Å². The van der Waals surface area contributed by atoms with Crippen molar-refractivity contribution in [3.05, 3.63) is 42.1 Å². The van der Waals surface area contributed by atoms with Gasteiger partial charge in [0.25, 0.3) is 0 Å². The van der Waals surface area contributed by atoms with Gasteiger partial charge in [-0.1, -0.05) is 19.1 Å². The number of aryl methyl sites for hydroxylation is 1. The fourth-order valence-electron chi connectivity index (χ4n) is 1.10. The number of fused-ring (bicyclic) bond motifs is 1. The summed E-state index contributed by atoms with van der Waals surface area (Å²) in [5.41, 5.74) is 2.04. The summed E-state index contributed by atoms with van der Waals surface area (Å²) in [6.45, 7) is 1.98. The molecule has 2 aromatic rings. The first-order valence-corrected chi connectivity index (χ1v) is 3.60. The Kier molecular flexibility index (Phi) is 3.36. The zero-order valence-electron chi connectivity index (χ0n) is 6.91. The Bertz CT molecular complexity index is 384. The summed E-state index contributed by atoms with van der Waals surface area (Å²) >= 11 is 0. The van der Waals surface area contributed by atoms with Gasteiger partial charge in [0.15, 0.2) is 0 Å². The minimum absolute atomic E-state index is 0. The van der Waals surface area contributed by atoms with E-state index in [0.717, 1.165) is 16.6 Å². The molecule has 0 unspecified atom stereocenters. The number of para-hydroxylation sites is 1. The van der Waals surface area contributed by atoms with E-state index < -0.39 is 0 Å². The van der Waals surface area contributed by atoms with Crippen LogP contribution in [0.15, 0.2) is 30.3 Å². The van der Waals surface area contributed by atoms with Gasteiger partial charge in [0.2, 0.25) is 0 Å². The molecule has 0 amide bonds. The zero-order valence-corrected chi connectivity index (χ0v) is 9.75. The van der Waals surface area contributed by atoms with Gasteiger partial charge in [-0.3, -0.25) is 0 Å². The number of benzene rings is 1. The van der Waals surface area contributed by atoms with E-state index in [1.54, 1.807) is 0 Å². The van der Waals surface area contributed by atoms with Crippen molar-refractivity contribution in [2.45, 2.75) is 6.92 Å². The molecule has 0 aliphatic carbocycles. The number of hydrogen-bond acceptors (Lipinski definition) is 1. The second-order valence-corrected chi connectivity index (χ2v) is 2.56. The van der Waals surface area contributed by atoms with Crippen LogP contribution in [0.5, 0.6) is 0 Å². The predicted octanol–water partition coefficient (Wildman–Crippen LogP) is 2.34. The zero-order chi connectivity index (χ0) is 7.68. The summed E-state index contributed by atoms with van der Waals surface area (Å²) in [5.74, 6) is 0. The number of hydrogen-bond donors (Lipinski definition) is 0. The van der Waals surface area contributed by atoms with Gasteiger partial charge in [-0.2, -0.15) is 0 Å². The molecule has 0 saturated heterocycles. The minimum Gasteiger partial charge on any atom is -0.349 e. The van der Waals surface area contributed by atoms with E-state index in [-0.39, 0.29) is 32.7 Å². The first-order valence-electron chi connectivity index (χ1n) is 3.60. The third-order valence-corrected chi connectivity index (χ3v) is 1.64. The van der Waals surface area contributed by atoms with E-state index in [1.807, 2.05) is 37.3 Å². The summed E-state index contributed by atoms with van der Waals surface area (Å²) in [6, 6.07) is 13.1. The van der Waals surface area contributed by atoms with Gasteiger partial charge in [0.05, 0.1) is 0 Å². The summed E-state index contributed by atoms with van der Waals surface area (Å²) < 4.78 is 0. The summed E-state index contributed by atoms with van der Waals surface area (Å²) in [5, 5.41) is 1.08. The molecule has 1 aromatic carbocycles. The maximum absolute atomic E-state index is 4.34. The molecule has 0 atom stereocenters. The number of pyridine rings is 1. The smallest absolute Gasteiger partial charge is 0 e. The van der Waals surface area contributed by atoms with Crippen LogP contribution in [0.3, 0.4) is 0 Å². The third kappa shape index (κ3) is 1.91. The second kappa shape index (κ2) is 4.11. The predicted molar refractivity (Wildman–Crippen MR) is 45.3 cm³/mol. The molecule has 0 fully saturated rings. The third-order valence-electron chi connectivity index (χ3n) is 1.64. The Hall–Kier alpha value is -0.266. The number of aromatic nitrogens is 1. The van der Waals surface area contributed by atoms with Crippen LogP contribution < -0.4 is 0 Å². The Morgan fingerprint density at radius 1 is 1.25 bits per heavy atom. The average Bonchev–Trinajstić information content (AvgIpc) is 2.04. The van der Waals surface area contributed by atoms with Crippen LogP contribution in [0, 0.1) is 13.0 Å². The molecule has 1 nitrogen and oxygen atoms in total.